The number of amides is 1. The maximum absolute atomic E-state index is 13.1. The minimum atomic E-state index is -3.94. The Morgan fingerprint density at radius 1 is 0.973 bits per heavy atom. The molecule has 0 saturated carbocycles. The molecule has 1 aliphatic heterocycles. The highest BCUT2D eigenvalue weighted by Crippen LogP contribution is 2.27. The van der Waals surface area contributed by atoms with Crippen LogP contribution in [-0.4, -0.2) is 55.3 Å². The number of hydrogen-bond donors (Lipinski definition) is 1. The van der Waals surface area contributed by atoms with Gasteiger partial charge in [0.05, 0.1) is 21.8 Å². The van der Waals surface area contributed by atoms with E-state index < -0.39 is 10.0 Å². The van der Waals surface area contributed by atoms with Crippen molar-refractivity contribution in [1.82, 2.24) is 14.8 Å². The third kappa shape index (κ3) is 5.58. The van der Waals surface area contributed by atoms with Gasteiger partial charge in [-0.3, -0.25) is 19.4 Å². The number of halogens is 2. The van der Waals surface area contributed by atoms with Crippen molar-refractivity contribution in [2.45, 2.75) is 11.4 Å². The number of piperazine rings is 1. The number of rotatable bonds is 6. The van der Waals surface area contributed by atoms with Crippen LogP contribution in [0, 0.1) is 5.82 Å². The number of nitrogens with zero attached hydrogens (tertiary/aromatic N) is 3. The molecule has 10 heteroatoms. The molecule has 1 fully saturated rings. The first-order chi connectivity index (χ1) is 17.8. The predicted molar refractivity (Wildman–Crippen MR) is 142 cm³/mol. The molecular formula is C27H24ClFN4O3S. The summed E-state index contributed by atoms with van der Waals surface area (Å²) in [5.74, 6) is -0.473. The molecule has 190 valence electrons. The lowest BCUT2D eigenvalue weighted by Gasteiger charge is -2.35. The molecule has 0 atom stereocenters. The van der Waals surface area contributed by atoms with E-state index in [9.17, 15) is 17.6 Å². The lowest BCUT2D eigenvalue weighted by Crippen LogP contribution is -2.48. The Bertz CT molecular complexity index is 1550. The van der Waals surface area contributed by atoms with Crippen molar-refractivity contribution in [1.29, 1.82) is 0 Å². The Labute approximate surface area is 219 Å². The number of para-hydroxylation sites is 1. The highest BCUT2D eigenvalue weighted by molar-refractivity contribution is 7.93. The van der Waals surface area contributed by atoms with E-state index in [1.54, 1.807) is 47.5 Å². The van der Waals surface area contributed by atoms with E-state index in [0.717, 1.165) is 5.56 Å². The maximum atomic E-state index is 13.1. The second-order valence-electron chi connectivity index (χ2n) is 8.83. The summed E-state index contributed by atoms with van der Waals surface area (Å²) in [4.78, 5) is 21.3. The second kappa shape index (κ2) is 10.5. The summed E-state index contributed by atoms with van der Waals surface area (Å²) in [6, 6.07) is 19.4. The highest BCUT2D eigenvalue weighted by Gasteiger charge is 2.25. The summed E-state index contributed by atoms with van der Waals surface area (Å²) in [5.41, 5.74) is 1.94. The second-order valence-corrected chi connectivity index (χ2v) is 10.9. The summed E-state index contributed by atoms with van der Waals surface area (Å²) < 4.78 is 41.8. The van der Waals surface area contributed by atoms with Crippen molar-refractivity contribution in [2.75, 3.05) is 30.9 Å². The van der Waals surface area contributed by atoms with Gasteiger partial charge in [-0.15, -0.1) is 0 Å². The molecular weight excluding hydrogens is 515 g/mol. The van der Waals surface area contributed by atoms with Crippen LogP contribution in [0.25, 0.3) is 10.9 Å². The monoisotopic (exact) mass is 538 g/mol. The van der Waals surface area contributed by atoms with Crippen LogP contribution in [0.4, 0.5) is 10.1 Å². The van der Waals surface area contributed by atoms with Crippen molar-refractivity contribution >= 4 is 44.1 Å². The van der Waals surface area contributed by atoms with Crippen LogP contribution in [0.1, 0.15) is 15.9 Å². The molecule has 0 aliphatic carbocycles. The average Bonchev–Trinajstić information content (AvgIpc) is 2.89. The number of nitrogens with one attached hydrogen (secondary N) is 1. The van der Waals surface area contributed by atoms with Crippen LogP contribution in [0.2, 0.25) is 5.02 Å². The van der Waals surface area contributed by atoms with Gasteiger partial charge < -0.3 is 4.90 Å². The van der Waals surface area contributed by atoms with Gasteiger partial charge in [-0.1, -0.05) is 41.9 Å². The Balaban J connectivity index is 1.25. The van der Waals surface area contributed by atoms with Crippen LogP contribution in [0.5, 0.6) is 0 Å². The van der Waals surface area contributed by atoms with Crippen LogP contribution >= 0.6 is 11.6 Å². The molecule has 5 rings (SSSR count). The molecule has 1 aromatic heterocycles. The van der Waals surface area contributed by atoms with Gasteiger partial charge in [0, 0.05) is 44.3 Å². The van der Waals surface area contributed by atoms with Gasteiger partial charge in [0.1, 0.15) is 10.7 Å². The molecule has 3 aromatic carbocycles. The fourth-order valence-corrected chi connectivity index (χ4v) is 5.87. The topological polar surface area (TPSA) is 82.6 Å². The third-order valence-corrected chi connectivity index (χ3v) is 8.04. The van der Waals surface area contributed by atoms with Gasteiger partial charge in [-0.05, 0) is 48.0 Å². The average molecular weight is 539 g/mol. The maximum Gasteiger partial charge on any atom is 0.264 e. The fraction of sp³-hybridized carbons (Fsp3) is 0.185. The highest BCUT2D eigenvalue weighted by atomic mass is 35.5. The van der Waals surface area contributed by atoms with Crippen LogP contribution in [0.15, 0.2) is 83.9 Å². The van der Waals surface area contributed by atoms with E-state index in [0.29, 0.717) is 49.2 Å². The zero-order valence-corrected chi connectivity index (χ0v) is 21.3. The minimum absolute atomic E-state index is 0.0559. The first kappa shape index (κ1) is 25.1. The molecule has 7 nitrogen and oxygen atoms in total. The number of carbonyl (C=O) groups excluding carboxylic acids is 1. The van der Waals surface area contributed by atoms with E-state index in [1.165, 1.54) is 36.4 Å². The van der Waals surface area contributed by atoms with Crippen LogP contribution < -0.4 is 4.72 Å². The van der Waals surface area contributed by atoms with Crippen LogP contribution in [0.3, 0.4) is 0 Å². The molecule has 4 aromatic rings. The number of fused-ring (bicyclic) bond motifs is 1. The number of carbonyl (C=O) groups is 1. The van der Waals surface area contributed by atoms with E-state index in [1.807, 2.05) is 0 Å². The standard InChI is InChI=1S/C27H24ClFN4O3S/c28-24-17-22(31-37(35,36)25-5-1-3-20-4-2-12-30-26(20)25)10-11-23(24)27(34)33-15-13-32(14-16-33)18-19-6-8-21(29)9-7-19/h1-12,17,31H,13-16,18H2. The Morgan fingerprint density at radius 3 is 2.43 bits per heavy atom. The summed E-state index contributed by atoms with van der Waals surface area (Å²) in [5, 5.41) is 0.872. The summed E-state index contributed by atoms with van der Waals surface area (Å²) in [6.07, 6.45) is 1.54. The van der Waals surface area contributed by atoms with Gasteiger partial charge in [-0.25, -0.2) is 12.8 Å². The van der Waals surface area contributed by atoms with Gasteiger partial charge >= 0.3 is 0 Å². The van der Waals surface area contributed by atoms with E-state index in [-0.39, 0.29) is 27.3 Å². The van der Waals surface area contributed by atoms with E-state index in [4.69, 9.17) is 11.6 Å². The molecule has 1 aliphatic rings. The molecule has 1 amide bonds. The molecule has 0 spiro atoms. The Hall–Kier alpha value is -3.53. The van der Waals surface area contributed by atoms with Crippen molar-refractivity contribution in [3.63, 3.8) is 0 Å². The van der Waals surface area contributed by atoms with Crippen molar-refractivity contribution < 1.29 is 17.6 Å². The summed E-state index contributed by atoms with van der Waals surface area (Å²) >= 11 is 6.43. The number of benzene rings is 3. The lowest BCUT2D eigenvalue weighted by atomic mass is 10.1. The number of sulfonamides is 1. The van der Waals surface area contributed by atoms with Crippen molar-refractivity contribution in [3.05, 3.63) is 101 Å². The van der Waals surface area contributed by atoms with E-state index >= 15 is 0 Å². The Kier molecular flexibility index (Phi) is 7.10. The largest absolute Gasteiger partial charge is 0.336 e. The van der Waals surface area contributed by atoms with Crippen molar-refractivity contribution in [3.8, 4) is 0 Å². The number of hydrogen-bond acceptors (Lipinski definition) is 5. The van der Waals surface area contributed by atoms with Crippen molar-refractivity contribution in [2.24, 2.45) is 0 Å². The molecule has 37 heavy (non-hydrogen) atoms. The Morgan fingerprint density at radius 2 is 1.70 bits per heavy atom. The van der Waals surface area contributed by atoms with Crippen LogP contribution in [-0.2, 0) is 16.6 Å². The minimum Gasteiger partial charge on any atom is -0.336 e. The molecule has 1 saturated heterocycles. The SMILES string of the molecule is O=C(c1ccc(NS(=O)(=O)c2cccc3cccnc23)cc1Cl)N1CCN(Cc2ccc(F)cc2)CC1. The third-order valence-electron chi connectivity index (χ3n) is 6.32. The number of pyridine rings is 1. The molecule has 1 N–H and O–H groups in total. The normalized spacial score (nSPS) is 14.6. The molecule has 0 radical (unpaired) electrons. The van der Waals surface area contributed by atoms with Gasteiger partial charge in [-0.2, -0.15) is 0 Å². The molecule has 0 unspecified atom stereocenters. The van der Waals surface area contributed by atoms with Gasteiger partial charge in [0.2, 0.25) is 0 Å². The predicted octanol–water partition coefficient (Wildman–Crippen LogP) is 4.79. The zero-order valence-electron chi connectivity index (χ0n) is 19.8. The number of aromatic nitrogens is 1. The summed E-state index contributed by atoms with van der Waals surface area (Å²) in [6.45, 7) is 3.09. The van der Waals surface area contributed by atoms with Gasteiger partial charge in [0.25, 0.3) is 15.9 Å². The fourth-order valence-electron chi connectivity index (χ4n) is 4.38. The quantitative estimate of drug-likeness (QED) is 0.382. The molecule has 2 heterocycles. The van der Waals surface area contributed by atoms with Gasteiger partial charge in [0.15, 0.2) is 0 Å². The zero-order chi connectivity index (χ0) is 26.0. The first-order valence-electron chi connectivity index (χ1n) is 11.7. The lowest BCUT2D eigenvalue weighted by molar-refractivity contribution is 0.0628. The number of anilines is 1. The first-order valence-corrected chi connectivity index (χ1v) is 13.6. The summed E-state index contributed by atoms with van der Waals surface area (Å²) in [7, 11) is -3.94. The molecule has 0 bridgehead atoms. The smallest absolute Gasteiger partial charge is 0.264 e. The van der Waals surface area contributed by atoms with E-state index in [2.05, 4.69) is 14.6 Å².